The van der Waals surface area contributed by atoms with Gasteiger partial charge in [-0.3, -0.25) is 14.5 Å². The second kappa shape index (κ2) is 8.17. The third-order valence-corrected chi connectivity index (χ3v) is 7.12. The summed E-state index contributed by atoms with van der Waals surface area (Å²) in [5.74, 6) is 0.227. The monoisotopic (exact) mass is 405 g/mol. The van der Waals surface area contributed by atoms with Crippen LogP contribution in [0.3, 0.4) is 0 Å². The average molecular weight is 406 g/mol. The summed E-state index contributed by atoms with van der Waals surface area (Å²) in [6.07, 6.45) is 3.46. The molecule has 0 N–H and O–H groups in total. The Morgan fingerprint density at radius 3 is 2.33 bits per heavy atom. The molecule has 3 heterocycles. The summed E-state index contributed by atoms with van der Waals surface area (Å²) in [5, 5.41) is 1.50. The lowest BCUT2D eigenvalue weighted by Gasteiger charge is -2.36. The lowest BCUT2D eigenvalue weighted by molar-refractivity contribution is -0.133. The van der Waals surface area contributed by atoms with Gasteiger partial charge >= 0.3 is 0 Å². The van der Waals surface area contributed by atoms with Gasteiger partial charge in [0, 0.05) is 49.4 Å². The van der Waals surface area contributed by atoms with E-state index in [9.17, 15) is 9.59 Å². The number of halogens is 1. The Morgan fingerprint density at radius 1 is 0.926 bits per heavy atom. The van der Waals surface area contributed by atoms with Gasteiger partial charge in [-0.25, -0.2) is 0 Å². The molecular weight excluding hydrogens is 382 g/mol. The normalized spacial score (nSPS) is 18.9. The maximum atomic E-state index is 12.9. The van der Waals surface area contributed by atoms with Crippen LogP contribution in [0.2, 0.25) is 5.02 Å². The maximum absolute atomic E-state index is 12.9. The van der Waals surface area contributed by atoms with Crippen molar-refractivity contribution in [2.24, 2.45) is 0 Å². The molecule has 0 aliphatic carbocycles. The molecule has 0 spiro atoms. The van der Waals surface area contributed by atoms with E-state index in [-0.39, 0.29) is 11.8 Å². The van der Waals surface area contributed by atoms with Crippen molar-refractivity contribution in [3.05, 3.63) is 34.2 Å². The van der Waals surface area contributed by atoms with Crippen molar-refractivity contribution >= 4 is 44.8 Å². The van der Waals surface area contributed by atoms with Gasteiger partial charge in [-0.2, -0.15) is 0 Å². The first kappa shape index (κ1) is 18.7. The summed E-state index contributed by atoms with van der Waals surface area (Å²) in [6.45, 7) is 4.98. The van der Waals surface area contributed by atoms with Crippen LogP contribution in [0, 0.1) is 0 Å². The number of likely N-dealkylation sites (tertiary alicyclic amines) is 1. The van der Waals surface area contributed by atoms with Gasteiger partial charge in [0.25, 0.3) is 5.91 Å². The van der Waals surface area contributed by atoms with Gasteiger partial charge in [-0.15, -0.1) is 11.3 Å². The summed E-state index contributed by atoms with van der Waals surface area (Å²) in [4.78, 5) is 32.0. The van der Waals surface area contributed by atoms with Crippen molar-refractivity contribution in [3.63, 3.8) is 0 Å². The van der Waals surface area contributed by atoms with Gasteiger partial charge in [0.1, 0.15) is 4.88 Å². The summed E-state index contributed by atoms with van der Waals surface area (Å²) < 4.78 is 1.04. The van der Waals surface area contributed by atoms with Gasteiger partial charge in [0.15, 0.2) is 0 Å². The summed E-state index contributed by atoms with van der Waals surface area (Å²) in [5.41, 5.74) is 0. The molecule has 2 aliphatic rings. The number of piperidine rings is 1. The Balaban J connectivity index is 1.35. The van der Waals surface area contributed by atoms with Crippen molar-refractivity contribution in [1.29, 1.82) is 0 Å². The molecule has 0 saturated carbocycles. The number of rotatable bonds is 3. The Kier molecular flexibility index (Phi) is 5.66. The van der Waals surface area contributed by atoms with E-state index in [1.54, 1.807) is 0 Å². The van der Waals surface area contributed by atoms with Gasteiger partial charge < -0.3 is 9.80 Å². The first-order valence-electron chi connectivity index (χ1n) is 9.60. The predicted octanol–water partition coefficient (Wildman–Crippen LogP) is 3.33. The summed E-state index contributed by atoms with van der Waals surface area (Å²) in [6, 6.07) is 7.84. The Hall–Kier alpha value is -1.63. The van der Waals surface area contributed by atoms with E-state index < -0.39 is 0 Å². The number of amides is 2. The van der Waals surface area contributed by atoms with Crippen molar-refractivity contribution < 1.29 is 9.59 Å². The summed E-state index contributed by atoms with van der Waals surface area (Å²) in [7, 11) is 0. The first-order valence-corrected chi connectivity index (χ1v) is 10.8. The molecule has 2 fully saturated rings. The number of carbonyl (C=O) groups is 2. The molecule has 0 atom stereocenters. The highest BCUT2D eigenvalue weighted by Crippen LogP contribution is 2.36. The molecule has 2 aromatic rings. The minimum absolute atomic E-state index is 0.00297. The van der Waals surface area contributed by atoms with Gasteiger partial charge in [0.05, 0.1) is 11.6 Å². The third kappa shape index (κ3) is 3.98. The minimum Gasteiger partial charge on any atom is -0.342 e. The van der Waals surface area contributed by atoms with Crippen LogP contribution < -0.4 is 0 Å². The van der Waals surface area contributed by atoms with Crippen LogP contribution in [0.15, 0.2) is 24.3 Å². The van der Waals surface area contributed by atoms with Gasteiger partial charge in [0.2, 0.25) is 5.91 Å². The molecule has 27 heavy (non-hydrogen) atoms. The zero-order valence-corrected chi connectivity index (χ0v) is 16.9. The van der Waals surface area contributed by atoms with Gasteiger partial charge in [-0.1, -0.05) is 29.8 Å². The van der Waals surface area contributed by atoms with Crippen molar-refractivity contribution in [2.45, 2.75) is 19.3 Å². The highest BCUT2D eigenvalue weighted by molar-refractivity contribution is 7.21. The maximum Gasteiger partial charge on any atom is 0.265 e. The zero-order valence-electron chi connectivity index (χ0n) is 15.3. The molecule has 144 valence electrons. The van der Waals surface area contributed by atoms with E-state index in [0.29, 0.717) is 29.5 Å². The lowest BCUT2D eigenvalue weighted by atomic mass is 10.1. The van der Waals surface area contributed by atoms with E-state index in [0.717, 1.165) is 49.1 Å². The molecule has 4 rings (SSSR count). The molecule has 1 aromatic carbocycles. The molecule has 2 aliphatic heterocycles. The van der Waals surface area contributed by atoms with E-state index >= 15 is 0 Å². The van der Waals surface area contributed by atoms with Crippen molar-refractivity contribution in [2.75, 3.05) is 45.8 Å². The smallest absolute Gasteiger partial charge is 0.265 e. The fourth-order valence-corrected chi connectivity index (χ4v) is 5.32. The molecule has 0 bridgehead atoms. The van der Waals surface area contributed by atoms with Crippen molar-refractivity contribution in [1.82, 2.24) is 14.7 Å². The van der Waals surface area contributed by atoms with Crippen LogP contribution in [0.1, 0.15) is 28.9 Å². The van der Waals surface area contributed by atoms with Crippen LogP contribution in [-0.4, -0.2) is 72.3 Å². The topological polar surface area (TPSA) is 43.9 Å². The second-order valence-corrected chi connectivity index (χ2v) is 8.68. The number of hydrogen-bond acceptors (Lipinski definition) is 4. The SMILES string of the molecule is O=C(CN1CCN(C(=O)c2sc3ccccc3c2Cl)CC1)N1CCCCC1. The summed E-state index contributed by atoms with van der Waals surface area (Å²) >= 11 is 7.92. The molecule has 2 amide bonds. The largest absolute Gasteiger partial charge is 0.342 e. The number of nitrogens with zero attached hydrogens (tertiary/aromatic N) is 3. The Morgan fingerprint density at radius 2 is 1.63 bits per heavy atom. The molecule has 5 nitrogen and oxygen atoms in total. The molecule has 0 unspecified atom stereocenters. The molecule has 1 aromatic heterocycles. The van der Waals surface area contributed by atoms with Crippen LogP contribution in [0.5, 0.6) is 0 Å². The highest BCUT2D eigenvalue weighted by atomic mass is 35.5. The number of benzene rings is 1. The molecule has 0 radical (unpaired) electrons. The first-order chi connectivity index (χ1) is 13.1. The quantitative estimate of drug-likeness (QED) is 0.786. The standard InChI is InChI=1S/C20H24ClN3O2S/c21-18-15-6-2-3-7-16(15)27-19(18)20(26)24-12-10-22(11-13-24)14-17(25)23-8-4-1-5-9-23/h2-3,6-7H,1,4-5,8-14H2. The molecule has 7 heteroatoms. The fraction of sp³-hybridized carbons (Fsp3) is 0.500. The van der Waals surface area contributed by atoms with Crippen LogP contribution >= 0.6 is 22.9 Å². The van der Waals surface area contributed by atoms with Crippen LogP contribution in [0.25, 0.3) is 10.1 Å². The number of thiophene rings is 1. The van der Waals surface area contributed by atoms with E-state index in [2.05, 4.69) is 4.90 Å². The lowest BCUT2D eigenvalue weighted by Crippen LogP contribution is -2.52. The zero-order chi connectivity index (χ0) is 18.8. The highest BCUT2D eigenvalue weighted by Gasteiger charge is 2.27. The van der Waals surface area contributed by atoms with E-state index in [1.165, 1.54) is 17.8 Å². The number of piperazine rings is 1. The second-order valence-electron chi connectivity index (χ2n) is 7.25. The number of carbonyl (C=O) groups excluding carboxylic acids is 2. The van der Waals surface area contributed by atoms with Crippen molar-refractivity contribution in [3.8, 4) is 0 Å². The minimum atomic E-state index is 0.00297. The fourth-order valence-electron chi connectivity index (χ4n) is 3.84. The number of fused-ring (bicyclic) bond motifs is 1. The predicted molar refractivity (Wildman–Crippen MR) is 110 cm³/mol. The van der Waals surface area contributed by atoms with Crippen LogP contribution in [-0.2, 0) is 4.79 Å². The average Bonchev–Trinajstić information content (AvgIpc) is 3.05. The van der Waals surface area contributed by atoms with Gasteiger partial charge in [-0.05, 0) is 25.3 Å². The Bertz CT molecular complexity index is 839. The number of hydrogen-bond donors (Lipinski definition) is 0. The molecule has 2 saturated heterocycles. The van der Waals surface area contributed by atoms with Crippen LogP contribution in [0.4, 0.5) is 0 Å². The van der Waals surface area contributed by atoms with E-state index in [1.807, 2.05) is 34.1 Å². The molecular formula is C20H24ClN3O2S. The third-order valence-electron chi connectivity index (χ3n) is 5.46. The van der Waals surface area contributed by atoms with E-state index in [4.69, 9.17) is 11.6 Å². The Labute approximate surface area is 168 Å².